The van der Waals surface area contributed by atoms with Crippen LogP contribution >= 0.6 is 11.6 Å². The van der Waals surface area contributed by atoms with Crippen molar-refractivity contribution in [2.75, 3.05) is 26.0 Å². The van der Waals surface area contributed by atoms with Gasteiger partial charge >= 0.3 is 0 Å². The van der Waals surface area contributed by atoms with Crippen molar-refractivity contribution >= 4 is 29.1 Å². The van der Waals surface area contributed by atoms with E-state index in [2.05, 4.69) is 5.32 Å². The van der Waals surface area contributed by atoms with Crippen molar-refractivity contribution in [1.82, 2.24) is 4.90 Å². The second-order valence-corrected chi connectivity index (χ2v) is 6.72. The summed E-state index contributed by atoms with van der Waals surface area (Å²) in [6.07, 6.45) is 0.176. The van der Waals surface area contributed by atoms with Crippen molar-refractivity contribution < 1.29 is 14.3 Å². The topological polar surface area (TPSA) is 58.6 Å². The highest BCUT2D eigenvalue weighted by molar-refractivity contribution is 6.33. The third-order valence-corrected chi connectivity index (χ3v) is 4.14. The zero-order valence-electron chi connectivity index (χ0n) is 15.4. The predicted octanol–water partition coefficient (Wildman–Crippen LogP) is 4.07. The van der Waals surface area contributed by atoms with Crippen molar-refractivity contribution in [2.45, 2.75) is 20.3 Å². The van der Waals surface area contributed by atoms with Crippen LogP contribution in [-0.2, 0) is 4.79 Å². The van der Waals surface area contributed by atoms with Crippen molar-refractivity contribution in [3.63, 3.8) is 0 Å². The molecule has 2 aromatic carbocycles. The average molecular weight is 375 g/mol. The summed E-state index contributed by atoms with van der Waals surface area (Å²) in [4.78, 5) is 25.7. The van der Waals surface area contributed by atoms with Gasteiger partial charge in [0.1, 0.15) is 5.75 Å². The summed E-state index contributed by atoms with van der Waals surface area (Å²) in [5.41, 5.74) is 3.06. The van der Waals surface area contributed by atoms with Crippen LogP contribution in [0, 0.1) is 13.8 Å². The molecule has 0 unspecified atom stereocenters. The summed E-state index contributed by atoms with van der Waals surface area (Å²) in [6.45, 7) is 4.24. The number of amides is 2. The lowest BCUT2D eigenvalue weighted by Crippen LogP contribution is -2.22. The molecule has 5 nitrogen and oxygen atoms in total. The van der Waals surface area contributed by atoms with Gasteiger partial charge in [-0.3, -0.25) is 9.59 Å². The smallest absolute Gasteiger partial charge is 0.253 e. The zero-order chi connectivity index (χ0) is 19.3. The maximum absolute atomic E-state index is 12.2. The molecule has 2 amide bonds. The van der Waals surface area contributed by atoms with E-state index >= 15 is 0 Å². The number of benzene rings is 2. The summed E-state index contributed by atoms with van der Waals surface area (Å²) in [5, 5.41) is 3.11. The molecule has 1 N–H and O–H groups in total. The first kappa shape index (κ1) is 19.8. The van der Waals surface area contributed by atoms with Crippen molar-refractivity contribution in [2.24, 2.45) is 0 Å². The number of halogens is 1. The second-order valence-electron chi connectivity index (χ2n) is 6.31. The molecule has 2 rings (SSSR count). The minimum Gasteiger partial charge on any atom is -0.493 e. The third-order valence-electron chi connectivity index (χ3n) is 3.81. The van der Waals surface area contributed by atoms with E-state index < -0.39 is 0 Å². The van der Waals surface area contributed by atoms with Crippen LogP contribution in [0.4, 0.5) is 5.69 Å². The van der Waals surface area contributed by atoms with Gasteiger partial charge in [0.15, 0.2) is 0 Å². The van der Waals surface area contributed by atoms with Gasteiger partial charge in [-0.1, -0.05) is 29.3 Å². The molecule has 0 radical (unpaired) electrons. The Kier molecular flexibility index (Phi) is 6.64. The van der Waals surface area contributed by atoms with Gasteiger partial charge in [-0.2, -0.15) is 0 Å². The van der Waals surface area contributed by atoms with E-state index in [1.165, 1.54) is 4.90 Å². The Balaban J connectivity index is 1.95. The molecule has 0 fully saturated rings. The highest BCUT2D eigenvalue weighted by Crippen LogP contribution is 2.24. The van der Waals surface area contributed by atoms with Gasteiger partial charge in [0, 0.05) is 19.7 Å². The standard InChI is InChI=1S/C20H23ClN2O3/c1-13-5-8-18(14(2)11-13)26-10-9-19(24)22-17-12-15(6-7-16(17)21)20(25)23(3)4/h5-8,11-12H,9-10H2,1-4H3,(H,22,24). The second kappa shape index (κ2) is 8.72. The molecule has 138 valence electrons. The number of carbonyl (C=O) groups excluding carboxylic acids is 2. The fraction of sp³-hybridized carbons (Fsp3) is 0.300. The number of nitrogens with one attached hydrogen (secondary N) is 1. The molecule has 6 heteroatoms. The summed E-state index contributed by atoms with van der Waals surface area (Å²) < 4.78 is 5.67. The Hall–Kier alpha value is -2.53. The molecule has 0 bridgehead atoms. The lowest BCUT2D eigenvalue weighted by Gasteiger charge is -2.13. The van der Waals surface area contributed by atoms with Crippen LogP contribution in [0.2, 0.25) is 5.02 Å². The zero-order valence-corrected chi connectivity index (χ0v) is 16.2. The SMILES string of the molecule is Cc1ccc(OCCC(=O)Nc2cc(C(=O)N(C)C)ccc2Cl)c(C)c1. The molecule has 26 heavy (non-hydrogen) atoms. The number of hydrogen-bond donors (Lipinski definition) is 1. The minimum atomic E-state index is -0.230. The Labute approximate surface area is 158 Å². The molecule has 0 aliphatic heterocycles. The van der Waals surface area contributed by atoms with Gasteiger partial charge in [0.25, 0.3) is 5.91 Å². The number of anilines is 1. The number of ether oxygens (including phenoxy) is 1. The minimum absolute atomic E-state index is 0.157. The monoisotopic (exact) mass is 374 g/mol. The molecule has 0 aliphatic rings. The van der Waals surface area contributed by atoms with Gasteiger partial charge in [0.05, 0.1) is 23.7 Å². The number of hydrogen-bond acceptors (Lipinski definition) is 3. The molecule has 0 aromatic heterocycles. The van der Waals surface area contributed by atoms with Crippen molar-refractivity contribution in [3.05, 3.63) is 58.1 Å². The van der Waals surface area contributed by atoms with Gasteiger partial charge in [-0.25, -0.2) is 0 Å². The summed E-state index contributed by atoms with van der Waals surface area (Å²) in [7, 11) is 3.33. The number of carbonyl (C=O) groups is 2. The molecular formula is C20H23ClN2O3. The summed E-state index contributed by atoms with van der Waals surface area (Å²) in [6, 6.07) is 10.7. The number of rotatable bonds is 6. The van der Waals surface area contributed by atoms with Crippen LogP contribution in [0.15, 0.2) is 36.4 Å². The van der Waals surface area contributed by atoms with Crippen LogP contribution in [-0.4, -0.2) is 37.4 Å². The first-order valence-corrected chi connectivity index (χ1v) is 8.67. The Morgan fingerprint density at radius 3 is 2.50 bits per heavy atom. The molecular weight excluding hydrogens is 352 g/mol. The molecule has 0 saturated heterocycles. The van der Waals surface area contributed by atoms with Crippen LogP contribution in [0.5, 0.6) is 5.75 Å². The van der Waals surface area contributed by atoms with Crippen LogP contribution in [0.25, 0.3) is 0 Å². The van der Waals surface area contributed by atoms with Gasteiger partial charge in [-0.05, 0) is 43.7 Å². The highest BCUT2D eigenvalue weighted by atomic mass is 35.5. The predicted molar refractivity (Wildman–Crippen MR) is 104 cm³/mol. The van der Waals surface area contributed by atoms with Crippen LogP contribution in [0.1, 0.15) is 27.9 Å². The lowest BCUT2D eigenvalue weighted by atomic mass is 10.1. The van der Waals surface area contributed by atoms with Gasteiger partial charge in [0.2, 0.25) is 5.91 Å². The number of aryl methyl sites for hydroxylation is 2. The summed E-state index contributed by atoms with van der Waals surface area (Å²) >= 11 is 6.12. The van der Waals surface area contributed by atoms with E-state index in [0.717, 1.165) is 16.9 Å². The van der Waals surface area contributed by atoms with E-state index in [0.29, 0.717) is 16.3 Å². The lowest BCUT2D eigenvalue weighted by molar-refractivity contribution is -0.116. The van der Waals surface area contributed by atoms with E-state index in [1.807, 2.05) is 32.0 Å². The first-order chi connectivity index (χ1) is 12.3. The molecule has 0 heterocycles. The first-order valence-electron chi connectivity index (χ1n) is 8.29. The summed E-state index contributed by atoms with van der Waals surface area (Å²) in [5.74, 6) is 0.376. The molecule has 0 saturated carbocycles. The maximum Gasteiger partial charge on any atom is 0.253 e. The third kappa shape index (κ3) is 5.23. The Morgan fingerprint density at radius 2 is 1.85 bits per heavy atom. The van der Waals surface area contributed by atoms with E-state index in [1.54, 1.807) is 32.3 Å². The quantitative estimate of drug-likeness (QED) is 0.829. The van der Waals surface area contributed by atoms with Crippen molar-refractivity contribution in [1.29, 1.82) is 0 Å². The van der Waals surface area contributed by atoms with E-state index in [4.69, 9.17) is 16.3 Å². The maximum atomic E-state index is 12.2. The normalized spacial score (nSPS) is 10.3. The molecule has 0 atom stereocenters. The largest absolute Gasteiger partial charge is 0.493 e. The van der Waals surface area contributed by atoms with E-state index in [-0.39, 0.29) is 24.8 Å². The molecule has 0 spiro atoms. The highest BCUT2D eigenvalue weighted by Gasteiger charge is 2.12. The van der Waals surface area contributed by atoms with Gasteiger partial charge < -0.3 is 15.0 Å². The van der Waals surface area contributed by atoms with Gasteiger partial charge in [-0.15, -0.1) is 0 Å². The van der Waals surface area contributed by atoms with Crippen molar-refractivity contribution in [3.8, 4) is 5.75 Å². The average Bonchev–Trinajstić information content (AvgIpc) is 2.58. The fourth-order valence-electron chi connectivity index (χ4n) is 2.44. The number of nitrogens with zero attached hydrogens (tertiary/aromatic N) is 1. The van der Waals surface area contributed by atoms with Crippen LogP contribution in [0.3, 0.4) is 0 Å². The van der Waals surface area contributed by atoms with Crippen LogP contribution < -0.4 is 10.1 Å². The fourth-order valence-corrected chi connectivity index (χ4v) is 2.60. The molecule has 0 aliphatic carbocycles. The molecule has 2 aromatic rings. The Bertz CT molecular complexity index is 819. The Morgan fingerprint density at radius 1 is 1.12 bits per heavy atom. The van der Waals surface area contributed by atoms with E-state index in [9.17, 15) is 9.59 Å².